The number of aliphatic hydroxyl groups excluding tert-OH is 3. The van der Waals surface area contributed by atoms with E-state index in [0.29, 0.717) is 17.0 Å². The average Bonchev–Trinajstić information content (AvgIpc) is 3.55. The number of esters is 1. The number of carbonyl (C=O) groups excluding carboxylic acids is 1. The summed E-state index contributed by atoms with van der Waals surface area (Å²) in [7, 11) is 0. The van der Waals surface area contributed by atoms with Crippen LogP contribution in [-0.2, 0) is 20.7 Å². The SMILES string of the molecule is CC(C)[C@H](N)C(=O)OC[C@H]1O[C@@H](c2ccc(Cl)c(Cc3ncc(-c4ccco4)s3)c2)[C@H](O)[C@@H](O)[C@@H]1O. The van der Waals surface area contributed by atoms with Gasteiger partial charge in [-0.1, -0.05) is 37.6 Å². The fourth-order valence-electron chi connectivity index (χ4n) is 3.89. The van der Waals surface area contributed by atoms with Gasteiger partial charge in [0.2, 0.25) is 0 Å². The molecule has 0 radical (unpaired) electrons. The average molecular weight is 537 g/mol. The van der Waals surface area contributed by atoms with Gasteiger partial charge in [0.15, 0.2) is 0 Å². The maximum absolute atomic E-state index is 12.1. The number of ether oxygens (including phenoxy) is 2. The van der Waals surface area contributed by atoms with Crippen LogP contribution in [0.25, 0.3) is 10.6 Å². The first kappa shape index (κ1) is 26.7. The summed E-state index contributed by atoms with van der Waals surface area (Å²) >= 11 is 7.92. The molecule has 1 aliphatic rings. The molecule has 194 valence electrons. The number of nitrogens with two attached hydrogens (primary N) is 1. The van der Waals surface area contributed by atoms with Crippen LogP contribution in [0, 0.1) is 5.92 Å². The van der Waals surface area contributed by atoms with Crippen molar-refractivity contribution in [2.45, 2.75) is 56.8 Å². The smallest absolute Gasteiger partial charge is 0.323 e. The highest BCUT2D eigenvalue weighted by molar-refractivity contribution is 7.15. The minimum absolute atomic E-state index is 0.129. The molecule has 0 spiro atoms. The number of thiazole rings is 1. The van der Waals surface area contributed by atoms with E-state index in [1.54, 1.807) is 44.5 Å². The number of carbonyl (C=O) groups is 1. The van der Waals surface area contributed by atoms with E-state index < -0.39 is 42.5 Å². The van der Waals surface area contributed by atoms with Crippen molar-refractivity contribution in [1.82, 2.24) is 4.98 Å². The molecule has 0 amide bonds. The quantitative estimate of drug-likeness (QED) is 0.319. The molecule has 1 aliphatic heterocycles. The number of furan rings is 1. The Bertz CT molecular complexity index is 1170. The van der Waals surface area contributed by atoms with Gasteiger partial charge in [-0.3, -0.25) is 4.79 Å². The number of benzene rings is 1. The number of rotatable bonds is 8. The molecule has 4 rings (SSSR count). The molecule has 5 N–H and O–H groups in total. The first-order chi connectivity index (χ1) is 17.2. The third kappa shape index (κ3) is 5.81. The molecule has 6 atom stereocenters. The molecule has 1 saturated heterocycles. The van der Waals surface area contributed by atoms with E-state index in [1.165, 1.54) is 11.3 Å². The molecule has 0 unspecified atom stereocenters. The summed E-state index contributed by atoms with van der Waals surface area (Å²) in [6.07, 6.45) is -2.67. The largest absolute Gasteiger partial charge is 0.463 e. The van der Waals surface area contributed by atoms with Gasteiger partial charge in [-0.15, -0.1) is 11.3 Å². The van der Waals surface area contributed by atoms with Gasteiger partial charge in [-0.05, 0) is 35.2 Å². The lowest BCUT2D eigenvalue weighted by Gasteiger charge is -2.40. The second kappa shape index (κ2) is 11.4. The summed E-state index contributed by atoms with van der Waals surface area (Å²) in [6.45, 7) is 3.25. The molecule has 1 aromatic carbocycles. The molecule has 11 heteroatoms. The van der Waals surface area contributed by atoms with Crippen molar-refractivity contribution < 1.29 is 34.0 Å². The fourth-order valence-corrected chi connectivity index (χ4v) is 4.98. The third-order valence-corrected chi connectivity index (χ3v) is 7.53. The summed E-state index contributed by atoms with van der Waals surface area (Å²) in [5, 5.41) is 32.9. The lowest BCUT2D eigenvalue weighted by Crippen LogP contribution is -2.56. The van der Waals surface area contributed by atoms with E-state index >= 15 is 0 Å². The zero-order valence-electron chi connectivity index (χ0n) is 19.8. The molecule has 3 aromatic rings. The maximum Gasteiger partial charge on any atom is 0.323 e. The Labute approximate surface area is 217 Å². The fraction of sp³-hybridized carbons (Fsp3) is 0.440. The summed E-state index contributed by atoms with van der Waals surface area (Å²) < 4.78 is 16.6. The van der Waals surface area contributed by atoms with Crippen LogP contribution in [0.2, 0.25) is 5.02 Å². The van der Waals surface area contributed by atoms with Crippen molar-refractivity contribution in [2.24, 2.45) is 11.7 Å². The van der Waals surface area contributed by atoms with E-state index in [0.717, 1.165) is 21.2 Å². The second-order valence-electron chi connectivity index (χ2n) is 9.09. The van der Waals surface area contributed by atoms with E-state index in [1.807, 2.05) is 12.1 Å². The molecular formula is C25H29ClN2O7S. The van der Waals surface area contributed by atoms with Crippen LogP contribution < -0.4 is 5.73 Å². The first-order valence-corrected chi connectivity index (χ1v) is 12.7. The Morgan fingerprint density at radius 3 is 2.69 bits per heavy atom. The zero-order chi connectivity index (χ0) is 26.0. The van der Waals surface area contributed by atoms with E-state index in [4.69, 9.17) is 31.2 Å². The van der Waals surface area contributed by atoms with Gasteiger partial charge >= 0.3 is 5.97 Å². The van der Waals surface area contributed by atoms with E-state index in [2.05, 4.69) is 4.98 Å². The van der Waals surface area contributed by atoms with Crippen molar-refractivity contribution >= 4 is 28.9 Å². The van der Waals surface area contributed by atoms with Crippen LogP contribution in [0.5, 0.6) is 0 Å². The predicted octanol–water partition coefficient (Wildman–Crippen LogP) is 2.70. The number of aliphatic hydroxyl groups is 3. The molecule has 2 aromatic heterocycles. The molecule has 36 heavy (non-hydrogen) atoms. The number of aromatic nitrogens is 1. The molecule has 9 nitrogen and oxygen atoms in total. The molecule has 3 heterocycles. The minimum atomic E-state index is -1.51. The highest BCUT2D eigenvalue weighted by Crippen LogP contribution is 2.35. The molecule has 0 saturated carbocycles. The standard InChI is InChI=1S/C25H29ClN2O7S/c1-12(2)20(27)25(32)34-11-17-21(29)22(30)23(31)24(35-17)13-5-6-15(26)14(8-13)9-19-28-10-18(36-19)16-4-3-7-33-16/h3-8,10,12,17,20-24,29-31H,9,11,27H2,1-2H3/t17-,20+,21-,22+,23-,24+/m1/s1. The van der Waals surface area contributed by atoms with E-state index in [-0.39, 0.29) is 12.5 Å². The van der Waals surface area contributed by atoms with Crippen LogP contribution in [0.1, 0.15) is 36.1 Å². The van der Waals surface area contributed by atoms with Gasteiger partial charge in [-0.25, -0.2) is 4.98 Å². The Morgan fingerprint density at radius 1 is 1.22 bits per heavy atom. The highest BCUT2D eigenvalue weighted by atomic mass is 35.5. The Kier molecular flexibility index (Phi) is 8.46. The topological polar surface area (TPSA) is 148 Å². The molecule has 0 bridgehead atoms. The van der Waals surface area contributed by atoms with Gasteiger partial charge < -0.3 is 34.9 Å². The van der Waals surface area contributed by atoms with Crippen LogP contribution >= 0.6 is 22.9 Å². The van der Waals surface area contributed by atoms with Crippen LogP contribution in [0.4, 0.5) is 0 Å². The second-order valence-corrected chi connectivity index (χ2v) is 10.6. The summed E-state index contributed by atoms with van der Waals surface area (Å²) in [5.74, 6) is -0.0367. The van der Waals surface area contributed by atoms with Crippen molar-refractivity contribution in [2.75, 3.05) is 6.61 Å². The van der Waals surface area contributed by atoms with Crippen molar-refractivity contribution in [3.8, 4) is 10.6 Å². The number of hydrogen-bond acceptors (Lipinski definition) is 10. The summed E-state index contributed by atoms with van der Waals surface area (Å²) in [4.78, 5) is 17.5. The normalized spacial score (nSPS) is 25.2. The lowest BCUT2D eigenvalue weighted by atomic mass is 9.90. The minimum Gasteiger partial charge on any atom is -0.463 e. The zero-order valence-corrected chi connectivity index (χ0v) is 21.4. The van der Waals surface area contributed by atoms with Gasteiger partial charge in [0, 0.05) is 17.6 Å². The van der Waals surface area contributed by atoms with Crippen LogP contribution in [0.15, 0.2) is 47.2 Å². The molecule has 0 aliphatic carbocycles. The molecule has 1 fully saturated rings. The van der Waals surface area contributed by atoms with Crippen molar-refractivity contribution in [3.63, 3.8) is 0 Å². The first-order valence-electron chi connectivity index (χ1n) is 11.5. The maximum atomic E-state index is 12.1. The van der Waals surface area contributed by atoms with Gasteiger partial charge in [0.1, 0.15) is 48.9 Å². The van der Waals surface area contributed by atoms with Gasteiger partial charge in [-0.2, -0.15) is 0 Å². The van der Waals surface area contributed by atoms with Crippen LogP contribution in [0.3, 0.4) is 0 Å². The Morgan fingerprint density at radius 2 is 2.00 bits per heavy atom. The Hall–Kier alpha value is -2.31. The van der Waals surface area contributed by atoms with Gasteiger partial charge in [0.05, 0.1) is 16.1 Å². The van der Waals surface area contributed by atoms with Crippen LogP contribution in [-0.4, -0.2) is 63.3 Å². The summed E-state index contributed by atoms with van der Waals surface area (Å²) in [6, 6.07) is 7.97. The Balaban J connectivity index is 1.50. The summed E-state index contributed by atoms with van der Waals surface area (Å²) in [5.41, 5.74) is 7.11. The third-order valence-electron chi connectivity index (χ3n) is 6.15. The van der Waals surface area contributed by atoms with Crippen molar-refractivity contribution in [1.29, 1.82) is 0 Å². The number of hydrogen-bond donors (Lipinski definition) is 4. The lowest BCUT2D eigenvalue weighted by molar-refractivity contribution is -0.234. The number of nitrogens with zero attached hydrogens (tertiary/aromatic N) is 1. The highest BCUT2D eigenvalue weighted by Gasteiger charge is 2.45. The van der Waals surface area contributed by atoms with E-state index in [9.17, 15) is 20.1 Å². The monoisotopic (exact) mass is 536 g/mol. The molecular weight excluding hydrogens is 508 g/mol. The predicted molar refractivity (Wildman–Crippen MR) is 133 cm³/mol. The number of halogens is 1. The van der Waals surface area contributed by atoms with Gasteiger partial charge in [0.25, 0.3) is 0 Å². The van der Waals surface area contributed by atoms with Crippen molar-refractivity contribution in [3.05, 3.63) is 63.9 Å².